The summed E-state index contributed by atoms with van der Waals surface area (Å²) in [5, 5.41) is 3.46. The number of amides is 2. The van der Waals surface area contributed by atoms with Crippen LogP contribution >= 0.6 is 11.6 Å². The Bertz CT molecular complexity index is 1160. The molecule has 0 radical (unpaired) electrons. The number of benzene rings is 2. The summed E-state index contributed by atoms with van der Waals surface area (Å²) in [6.45, 7) is 7.61. The zero-order valence-corrected chi connectivity index (χ0v) is 23.3. The van der Waals surface area contributed by atoms with E-state index in [1.54, 1.807) is 49.4 Å². The molecule has 1 N–H and O–H groups in total. The van der Waals surface area contributed by atoms with Gasteiger partial charge in [-0.2, -0.15) is 0 Å². The Kier molecular flexibility index (Phi) is 10.2. The Hall–Kier alpha value is -2.78. The fraction of sp³-hybridized carbons (Fsp3) is 0.462. The van der Waals surface area contributed by atoms with E-state index in [1.807, 2.05) is 26.8 Å². The molecule has 2 aromatic rings. The monoisotopic (exact) mass is 537 g/mol. The first-order valence-corrected chi connectivity index (χ1v) is 13.9. The predicted molar refractivity (Wildman–Crippen MR) is 144 cm³/mol. The maximum Gasteiger partial charge on any atom is 0.242 e. The van der Waals surface area contributed by atoms with Gasteiger partial charge in [0.2, 0.25) is 21.8 Å². The third-order valence-corrected chi connectivity index (χ3v) is 6.83. The first-order chi connectivity index (χ1) is 16.7. The molecule has 8 nitrogen and oxygen atoms in total. The Morgan fingerprint density at radius 3 is 2.36 bits per heavy atom. The van der Waals surface area contributed by atoms with E-state index in [9.17, 15) is 18.0 Å². The molecule has 0 saturated carbocycles. The number of halogens is 1. The number of nitrogens with zero attached hydrogens (tertiary/aromatic N) is 2. The second-order valence-corrected chi connectivity index (χ2v) is 12.1. The lowest BCUT2D eigenvalue weighted by molar-refractivity contribution is -0.141. The minimum absolute atomic E-state index is 0.0592. The van der Waals surface area contributed by atoms with Crippen LogP contribution in [0.25, 0.3) is 0 Å². The van der Waals surface area contributed by atoms with Gasteiger partial charge < -0.3 is 15.0 Å². The van der Waals surface area contributed by atoms with E-state index >= 15 is 0 Å². The second kappa shape index (κ2) is 12.5. The normalized spacial score (nSPS) is 12.5. The number of hydrogen-bond acceptors (Lipinski definition) is 5. The van der Waals surface area contributed by atoms with Gasteiger partial charge in [-0.25, -0.2) is 8.42 Å². The molecule has 0 bridgehead atoms. The number of nitrogens with one attached hydrogen (secondary N) is 1. The van der Waals surface area contributed by atoms with Crippen molar-refractivity contribution in [3.05, 3.63) is 59.1 Å². The van der Waals surface area contributed by atoms with E-state index in [4.69, 9.17) is 16.3 Å². The van der Waals surface area contributed by atoms with Crippen molar-refractivity contribution in [2.24, 2.45) is 0 Å². The van der Waals surface area contributed by atoms with Crippen molar-refractivity contribution in [2.75, 3.05) is 24.2 Å². The van der Waals surface area contributed by atoms with Crippen LogP contribution in [0.15, 0.2) is 48.5 Å². The molecular weight excluding hydrogens is 502 g/mol. The number of sulfonamides is 1. The molecule has 0 aliphatic rings. The van der Waals surface area contributed by atoms with Gasteiger partial charge >= 0.3 is 0 Å². The molecule has 2 aromatic carbocycles. The van der Waals surface area contributed by atoms with Gasteiger partial charge in [-0.1, -0.05) is 29.8 Å². The number of rotatable bonds is 11. The molecule has 36 heavy (non-hydrogen) atoms. The third-order valence-electron chi connectivity index (χ3n) is 5.40. The smallest absolute Gasteiger partial charge is 0.242 e. The molecule has 2 rings (SSSR count). The summed E-state index contributed by atoms with van der Waals surface area (Å²) < 4.78 is 31.4. The van der Waals surface area contributed by atoms with Gasteiger partial charge in [-0.3, -0.25) is 13.9 Å². The van der Waals surface area contributed by atoms with E-state index in [0.717, 1.165) is 11.8 Å². The van der Waals surface area contributed by atoms with E-state index in [-0.39, 0.29) is 37.7 Å². The summed E-state index contributed by atoms with van der Waals surface area (Å²) in [4.78, 5) is 27.7. The molecule has 0 spiro atoms. The molecule has 0 fully saturated rings. The van der Waals surface area contributed by atoms with Gasteiger partial charge in [-0.15, -0.1) is 0 Å². The summed E-state index contributed by atoms with van der Waals surface area (Å²) in [5.41, 5.74) is 0.793. The predicted octanol–water partition coefficient (Wildman–Crippen LogP) is 4.23. The maximum atomic E-state index is 13.3. The van der Waals surface area contributed by atoms with Crippen LogP contribution in [-0.4, -0.2) is 56.6 Å². The summed E-state index contributed by atoms with van der Waals surface area (Å²) in [6, 6.07) is 13.1. The van der Waals surface area contributed by atoms with Gasteiger partial charge in [0, 0.05) is 36.1 Å². The van der Waals surface area contributed by atoms with Gasteiger partial charge in [0.25, 0.3) is 0 Å². The summed E-state index contributed by atoms with van der Waals surface area (Å²) in [6.07, 6.45) is 1.45. The third kappa shape index (κ3) is 9.02. The number of carbonyl (C=O) groups excluding carboxylic acids is 2. The lowest BCUT2D eigenvalue weighted by Gasteiger charge is -2.32. The highest BCUT2D eigenvalue weighted by Crippen LogP contribution is 2.24. The SMILES string of the molecule is COc1cccc(N(CCCC(=O)N(Cc2cccc(Cl)c2)C(C)C(=O)NC(C)(C)C)S(C)(=O)=O)c1. The first kappa shape index (κ1) is 29.5. The summed E-state index contributed by atoms with van der Waals surface area (Å²) in [5.74, 6) is 0.00116. The first-order valence-electron chi connectivity index (χ1n) is 11.7. The van der Waals surface area contributed by atoms with Crippen molar-refractivity contribution < 1.29 is 22.7 Å². The molecule has 1 unspecified atom stereocenters. The second-order valence-electron chi connectivity index (χ2n) is 9.71. The van der Waals surface area contributed by atoms with Crippen molar-refractivity contribution in [3.8, 4) is 5.75 Å². The molecule has 0 aliphatic carbocycles. The van der Waals surface area contributed by atoms with E-state index in [0.29, 0.717) is 16.5 Å². The van der Waals surface area contributed by atoms with Crippen LogP contribution in [0.5, 0.6) is 5.75 Å². The van der Waals surface area contributed by atoms with Crippen LogP contribution in [0.2, 0.25) is 5.02 Å². The lowest BCUT2D eigenvalue weighted by atomic mass is 10.1. The van der Waals surface area contributed by atoms with E-state index in [2.05, 4.69) is 5.32 Å². The van der Waals surface area contributed by atoms with Crippen LogP contribution < -0.4 is 14.4 Å². The number of ether oxygens (including phenoxy) is 1. The highest BCUT2D eigenvalue weighted by Gasteiger charge is 2.28. The average Bonchev–Trinajstić information content (AvgIpc) is 2.77. The summed E-state index contributed by atoms with van der Waals surface area (Å²) in [7, 11) is -2.08. The highest BCUT2D eigenvalue weighted by molar-refractivity contribution is 7.92. The zero-order valence-electron chi connectivity index (χ0n) is 21.7. The van der Waals surface area contributed by atoms with Crippen LogP contribution in [0.1, 0.15) is 46.1 Å². The minimum Gasteiger partial charge on any atom is -0.497 e. The van der Waals surface area contributed by atoms with Gasteiger partial charge in [-0.05, 0) is 63.9 Å². The van der Waals surface area contributed by atoms with Crippen LogP contribution in [0.3, 0.4) is 0 Å². The van der Waals surface area contributed by atoms with Crippen LogP contribution in [0.4, 0.5) is 5.69 Å². The lowest BCUT2D eigenvalue weighted by Crippen LogP contribution is -2.52. The summed E-state index contributed by atoms with van der Waals surface area (Å²) >= 11 is 6.12. The molecule has 0 heterocycles. The Balaban J connectivity index is 2.20. The molecule has 0 aromatic heterocycles. The van der Waals surface area contributed by atoms with Gasteiger partial charge in [0.15, 0.2) is 0 Å². The number of carbonyl (C=O) groups is 2. The van der Waals surface area contributed by atoms with Gasteiger partial charge in [0.05, 0.1) is 19.1 Å². The topological polar surface area (TPSA) is 96.0 Å². The quantitative estimate of drug-likeness (QED) is 0.463. The Labute approximate surface area is 219 Å². The molecule has 198 valence electrons. The maximum absolute atomic E-state index is 13.3. The van der Waals surface area contributed by atoms with Crippen molar-refractivity contribution in [2.45, 2.75) is 58.7 Å². The number of hydrogen-bond donors (Lipinski definition) is 1. The van der Waals surface area contributed by atoms with Crippen molar-refractivity contribution in [1.29, 1.82) is 0 Å². The molecule has 2 amide bonds. The van der Waals surface area contributed by atoms with Crippen molar-refractivity contribution in [1.82, 2.24) is 10.2 Å². The molecule has 10 heteroatoms. The van der Waals surface area contributed by atoms with Gasteiger partial charge in [0.1, 0.15) is 11.8 Å². The molecule has 0 aliphatic heterocycles. The fourth-order valence-corrected chi connectivity index (χ4v) is 4.83. The molecule has 1 atom stereocenters. The minimum atomic E-state index is -3.59. The van der Waals surface area contributed by atoms with Crippen LogP contribution in [0, 0.1) is 0 Å². The fourth-order valence-electron chi connectivity index (χ4n) is 3.66. The molecule has 0 saturated heterocycles. The van der Waals surface area contributed by atoms with E-state index < -0.39 is 21.6 Å². The van der Waals surface area contributed by atoms with Crippen molar-refractivity contribution >= 4 is 39.1 Å². The van der Waals surface area contributed by atoms with E-state index in [1.165, 1.54) is 16.3 Å². The Morgan fingerprint density at radius 1 is 1.11 bits per heavy atom. The highest BCUT2D eigenvalue weighted by atomic mass is 35.5. The standard InChI is InChI=1S/C26H36ClN3O5S/c1-19(25(32)28-26(2,3)4)29(18-20-10-7-11-21(27)16-20)24(31)14-9-15-30(36(6,33)34)22-12-8-13-23(17-22)35-5/h7-8,10-13,16-17,19H,9,14-15,18H2,1-6H3,(H,28,32). The zero-order chi connectivity index (χ0) is 27.1. The van der Waals surface area contributed by atoms with Crippen LogP contribution in [-0.2, 0) is 26.2 Å². The Morgan fingerprint density at radius 2 is 1.78 bits per heavy atom. The van der Waals surface area contributed by atoms with Crippen molar-refractivity contribution in [3.63, 3.8) is 0 Å². The average molecular weight is 538 g/mol. The largest absolute Gasteiger partial charge is 0.497 e. The number of methoxy groups -OCH3 is 1. The molecular formula is C26H36ClN3O5S. The number of anilines is 1.